The Bertz CT molecular complexity index is 310. The van der Waals surface area contributed by atoms with Crippen LogP contribution in [0.1, 0.15) is 19.4 Å². The van der Waals surface area contributed by atoms with Crippen LogP contribution in [0.4, 0.5) is 0 Å². The van der Waals surface area contributed by atoms with E-state index in [-0.39, 0.29) is 0 Å². The summed E-state index contributed by atoms with van der Waals surface area (Å²) >= 11 is 6.85. The van der Waals surface area contributed by atoms with Crippen LogP contribution < -0.4 is 4.72 Å². The van der Waals surface area contributed by atoms with E-state index in [4.69, 9.17) is 12.2 Å². The summed E-state index contributed by atoms with van der Waals surface area (Å²) in [7, 11) is 0. The molecule has 16 heavy (non-hydrogen) atoms. The van der Waals surface area contributed by atoms with E-state index in [0.717, 1.165) is 24.0 Å². The Morgan fingerprint density at radius 2 is 1.88 bits per heavy atom. The van der Waals surface area contributed by atoms with Crippen molar-refractivity contribution in [2.24, 2.45) is 0 Å². The molecule has 0 amide bonds. The minimum absolute atomic E-state index is 0.840. The number of nitrogens with zero attached hydrogens (tertiary/aromatic N) is 1. The number of benzene rings is 1. The highest BCUT2D eigenvalue weighted by molar-refractivity contribution is 8.21. The smallest absolute Gasteiger partial charge is 0.151 e. The van der Waals surface area contributed by atoms with Crippen molar-refractivity contribution < 1.29 is 0 Å². The van der Waals surface area contributed by atoms with Crippen LogP contribution >= 0.6 is 24.2 Å². The van der Waals surface area contributed by atoms with E-state index >= 15 is 0 Å². The predicted octanol–water partition coefficient (Wildman–Crippen LogP) is 3.05. The van der Waals surface area contributed by atoms with E-state index in [1.807, 2.05) is 18.2 Å². The fourth-order valence-corrected chi connectivity index (χ4v) is 2.51. The highest BCUT2D eigenvalue weighted by Gasteiger charge is 2.04. The Kier molecular flexibility index (Phi) is 6.45. The zero-order valence-electron chi connectivity index (χ0n) is 9.77. The van der Waals surface area contributed by atoms with Gasteiger partial charge in [0.2, 0.25) is 0 Å². The lowest BCUT2D eigenvalue weighted by Gasteiger charge is -2.20. The SMILES string of the molecule is CCN(CC)C(=S)SNCc1ccccc1. The van der Waals surface area contributed by atoms with Gasteiger partial charge in [-0.05, 0) is 31.4 Å². The maximum atomic E-state index is 5.32. The number of nitrogens with one attached hydrogen (secondary N) is 1. The van der Waals surface area contributed by atoms with E-state index in [2.05, 4.69) is 35.6 Å². The average molecular weight is 254 g/mol. The van der Waals surface area contributed by atoms with Gasteiger partial charge in [0, 0.05) is 19.6 Å². The second-order valence-corrected chi connectivity index (χ2v) is 4.87. The van der Waals surface area contributed by atoms with Crippen molar-refractivity contribution in [3.63, 3.8) is 0 Å². The second-order valence-electron chi connectivity index (χ2n) is 3.35. The number of hydrogen-bond acceptors (Lipinski definition) is 3. The van der Waals surface area contributed by atoms with Crippen molar-refractivity contribution in [1.82, 2.24) is 9.62 Å². The Morgan fingerprint density at radius 1 is 1.25 bits per heavy atom. The maximum absolute atomic E-state index is 5.32. The van der Waals surface area contributed by atoms with Crippen LogP contribution in [0.25, 0.3) is 0 Å². The van der Waals surface area contributed by atoms with Crippen LogP contribution in [-0.4, -0.2) is 22.3 Å². The molecule has 0 spiro atoms. The molecule has 2 nitrogen and oxygen atoms in total. The van der Waals surface area contributed by atoms with Crippen molar-refractivity contribution in [1.29, 1.82) is 0 Å². The molecule has 1 N–H and O–H groups in total. The van der Waals surface area contributed by atoms with Gasteiger partial charge in [-0.15, -0.1) is 0 Å². The quantitative estimate of drug-likeness (QED) is 0.641. The first-order valence-electron chi connectivity index (χ1n) is 5.50. The third-order valence-corrected chi connectivity index (χ3v) is 3.53. The topological polar surface area (TPSA) is 15.3 Å². The van der Waals surface area contributed by atoms with Gasteiger partial charge in [0.1, 0.15) is 0 Å². The summed E-state index contributed by atoms with van der Waals surface area (Å²) in [5.74, 6) is 0. The number of rotatable bonds is 5. The zero-order valence-corrected chi connectivity index (χ0v) is 11.4. The molecular weight excluding hydrogens is 236 g/mol. The summed E-state index contributed by atoms with van der Waals surface area (Å²) < 4.78 is 4.20. The fraction of sp³-hybridized carbons (Fsp3) is 0.417. The first kappa shape index (κ1) is 13.5. The van der Waals surface area contributed by atoms with Gasteiger partial charge in [0.05, 0.1) is 0 Å². The van der Waals surface area contributed by atoms with Crippen molar-refractivity contribution in [3.8, 4) is 0 Å². The van der Waals surface area contributed by atoms with Crippen LogP contribution in [0, 0.1) is 0 Å². The summed E-state index contributed by atoms with van der Waals surface area (Å²) in [6.45, 7) is 7.01. The normalized spacial score (nSPS) is 10.1. The summed E-state index contributed by atoms with van der Waals surface area (Å²) in [6, 6.07) is 10.3. The molecular formula is C12H18N2S2. The fourth-order valence-electron chi connectivity index (χ4n) is 1.32. The minimum atomic E-state index is 0.840. The lowest BCUT2D eigenvalue weighted by molar-refractivity contribution is 0.482. The van der Waals surface area contributed by atoms with Gasteiger partial charge >= 0.3 is 0 Å². The van der Waals surface area contributed by atoms with E-state index < -0.39 is 0 Å². The number of hydrogen-bond donors (Lipinski definition) is 1. The molecule has 0 unspecified atom stereocenters. The third-order valence-electron chi connectivity index (χ3n) is 2.30. The van der Waals surface area contributed by atoms with Gasteiger partial charge < -0.3 is 4.90 Å². The molecule has 88 valence electrons. The van der Waals surface area contributed by atoms with Crippen LogP contribution in [0.5, 0.6) is 0 Å². The highest BCUT2D eigenvalue weighted by Crippen LogP contribution is 2.07. The third kappa shape index (κ3) is 4.51. The Hall–Kier alpha value is -0.580. The van der Waals surface area contributed by atoms with Crippen LogP contribution in [0.3, 0.4) is 0 Å². The van der Waals surface area contributed by atoms with E-state index in [1.165, 1.54) is 17.5 Å². The molecule has 0 radical (unpaired) electrons. The van der Waals surface area contributed by atoms with E-state index in [1.54, 1.807) is 0 Å². The van der Waals surface area contributed by atoms with Gasteiger partial charge in [-0.1, -0.05) is 42.5 Å². The van der Waals surface area contributed by atoms with Crippen molar-refractivity contribution in [2.75, 3.05) is 13.1 Å². The highest BCUT2D eigenvalue weighted by atomic mass is 32.2. The monoisotopic (exact) mass is 254 g/mol. The molecule has 0 aliphatic rings. The summed E-state index contributed by atoms with van der Waals surface area (Å²) in [5.41, 5.74) is 1.28. The van der Waals surface area contributed by atoms with Gasteiger partial charge in [0.15, 0.2) is 4.32 Å². The zero-order chi connectivity index (χ0) is 11.8. The molecule has 0 fully saturated rings. The number of thiocarbonyl (C=S) groups is 1. The van der Waals surface area contributed by atoms with Crippen molar-refractivity contribution >= 4 is 28.5 Å². The van der Waals surface area contributed by atoms with Gasteiger partial charge in [-0.3, -0.25) is 4.72 Å². The van der Waals surface area contributed by atoms with Crippen LogP contribution in [0.15, 0.2) is 30.3 Å². The standard InChI is InChI=1S/C12H18N2S2/c1-3-14(4-2)12(15)16-13-10-11-8-6-5-7-9-11/h5-9,13H,3-4,10H2,1-2H3. The molecule has 0 aliphatic heterocycles. The Morgan fingerprint density at radius 3 is 2.44 bits per heavy atom. The molecule has 0 aliphatic carbocycles. The summed E-state index contributed by atoms with van der Waals surface area (Å²) in [6.07, 6.45) is 0. The first-order valence-corrected chi connectivity index (χ1v) is 6.73. The molecule has 0 heterocycles. The van der Waals surface area contributed by atoms with Crippen molar-refractivity contribution in [2.45, 2.75) is 20.4 Å². The Labute approximate surface area is 108 Å². The minimum Gasteiger partial charge on any atom is -0.357 e. The molecule has 1 rings (SSSR count). The molecule has 0 saturated carbocycles. The van der Waals surface area contributed by atoms with Gasteiger partial charge in [-0.25, -0.2) is 0 Å². The van der Waals surface area contributed by atoms with Gasteiger partial charge in [0.25, 0.3) is 0 Å². The molecule has 0 bridgehead atoms. The lowest BCUT2D eigenvalue weighted by Crippen LogP contribution is -2.28. The van der Waals surface area contributed by atoms with E-state index in [0.29, 0.717) is 0 Å². The van der Waals surface area contributed by atoms with Crippen LogP contribution in [0.2, 0.25) is 0 Å². The molecule has 4 heteroatoms. The molecule has 1 aromatic rings. The van der Waals surface area contributed by atoms with Crippen molar-refractivity contribution in [3.05, 3.63) is 35.9 Å². The first-order chi connectivity index (χ1) is 7.77. The second kappa shape index (κ2) is 7.65. The van der Waals surface area contributed by atoms with Gasteiger partial charge in [-0.2, -0.15) is 0 Å². The largest absolute Gasteiger partial charge is 0.357 e. The van der Waals surface area contributed by atoms with E-state index in [9.17, 15) is 0 Å². The van der Waals surface area contributed by atoms with Crippen LogP contribution in [-0.2, 0) is 6.54 Å². The Balaban J connectivity index is 2.28. The molecule has 0 aromatic heterocycles. The maximum Gasteiger partial charge on any atom is 0.151 e. The molecule has 0 saturated heterocycles. The summed E-state index contributed by atoms with van der Waals surface area (Å²) in [5, 5.41) is 0. The predicted molar refractivity (Wildman–Crippen MR) is 76.4 cm³/mol. The molecule has 1 aromatic carbocycles. The lowest BCUT2D eigenvalue weighted by atomic mass is 10.2. The summed E-state index contributed by atoms with van der Waals surface area (Å²) in [4.78, 5) is 2.16. The average Bonchev–Trinajstić information content (AvgIpc) is 2.32. The molecule has 0 atom stereocenters.